The highest BCUT2D eigenvalue weighted by molar-refractivity contribution is 5.41. The Labute approximate surface area is 92.7 Å². The van der Waals surface area contributed by atoms with Gasteiger partial charge in [0.2, 0.25) is 0 Å². The summed E-state index contributed by atoms with van der Waals surface area (Å²) < 4.78 is 0. The normalized spacial score (nSPS) is 23.2. The molecule has 0 bridgehead atoms. The second-order valence-electron chi connectivity index (χ2n) is 5.76. The minimum atomic E-state index is 0.200. The minimum absolute atomic E-state index is 0.200. The van der Waals surface area contributed by atoms with Crippen molar-refractivity contribution >= 4 is 0 Å². The van der Waals surface area contributed by atoms with Gasteiger partial charge in [-0.1, -0.05) is 45.9 Å². The SMILES string of the molecule is CC(C)c1ccc2c(c1)C(N)C(C)(C)C2. The maximum Gasteiger partial charge on any atom is 0.0352 e. The van der Waals surface area contributed by atoms with E-state index in [0.717, 1.165) is 6.42 Å². The highest BCUT2D eigenvalue weighted by atomic mass is 14.7. The number of nitrogens with two attached hydrogens (primary N) is 1. The lowest BCUT2D eigenvalue weighted by molar-refractivity contribution is 0.319. The van der Waals surface area contributed by atoms with Gasteiger partial charge in [-0.15, -0.1) is 0 Å². The third-order valence-corrected chi connectivity index (χ3v) is 3.66. The molecule has 2 rings (SSSR count). The zero-order valence-electron chi connectivity index (χ0n) is 10.2. The van der Waals surface area contributed by atoms with Crippen LogP contribution in [-0.4, -0.2) is 0 Å². The molecule has 0 spiro atoms. The van der Waals surface area contributed by atoms with Crippen molar-refractivity contribution in [2.75, 3.05) is 0 Å². The van der Waals surface area contributed by atoms with Crippen molar-refractivity contribution in [2.24, 2.45) is 11.1 Å². The lowest BCUT2D eigenvalue weighted by Gasteiger charge is -2.23. The van der Waals surface area contributed by atoms with Crippen LogP contribution in [0.1, 0.15) is 56.3 Å². The van der Waals surface area contributed by atoms with E-state index in [1.54, 1.807) is 0 Å². The Morgan fingerprint density at radius 2 is 2.00 bits per heavy atom. The molecule has 2 N–H and O–H groups in total. The summed E-state index contributed by atoms with van der Waals surface area (Å²) in [5, 5.41) is 0. The predicted molar refractivity (Wildman–Crippen MR) is 64.9 cm³/mol. The number of benzene rings is 1. The summed E-state index contributed by atoms with van der Waals surface area (Å²) >= 11 is 0. The molecule has 0 fully saturated rings. The van der Waals surface area contributed by atoms with Crippen LogP contribution in [0.4, 0.5) is 0 Å². The maximum atomic E-state index is 6.29. The summed E-state index contributed by atoms with van der Waals surface area (Å²) in [4.78, 5) is 0. The van der Waals surface area contributed by atoms with Gasteiger partial charge in [-0.05, 0) is 34.4 Å². The zero-order valence-corrected chi connectivity index (χ0v) is 10.2. The molecule has 82 valence electrons. The van der Waals surface area contributed by atoms with Gasteiger partial charge in [0.25, 0.3) is 0 Å². The first-order valence-electron chi connectivity index (χ1n) is 5.80. The largest absolute Gasteiger partial charge is 0.323 e. The molecule has 1 aliphatic carbocycles. The van der Waals surface area contributed by atoms with Gasteiger partial charge < -0.3 is 5.73 Å². The Balaban J connectivity index is 2.44. The molecule has 1 unspecified atom stereocenters. The molecule has 0 saturated carbocycles. The fraction of sp³-hybridized carbons (Fsp3) is 0.571. The first-order valence-corrected chi connectivity index (χ1v) is 5.80. The van der Waals surface area contributed by atoms with Crippen molar-refractivity contribution in [3.05, 3.63) is 34.9 Å². The van der Waals surface area contributed by atoms with Crippen LogP contribution in [0, 0.1) is 5.41 Å². The second kappa shape index (κ2) is 3.34. The lowest BCUT2D eigenvalue weighted by Crippen LogP contribution is -2.24. The van der Waals surface area contributed by atoms with E-state index >= 15 is 0 Å². The average Bonchev–Trinajstić information content (AvgIpc) is 2.37. The molecular formula is C14H21N. The molecule has 1 atom stereocenters. The van der Waals surface area contributed by atoms with Crippen LogP contribution in [0.5, 0.6) is 0 Å². The molecule has 1 aromatic carbocycles. The fourth-order valence-corrected chi connectivity index (χ4v) is 2.44. The molecule has 1 nitrogen and oxygen atoms in total. The Morgan fingerprint density at radius 3 is 2.60 bits per heavy atom. The first kappa shape index (κ1) is 10.7. The van der Waals surface area contributed by atoms with E-state index in [0.29, 0.717) is 5.92 Å². The highest BCUT2D eigenvalue weighted by Crippen LogP contribution is 2.44. The van der Waals surface area contributed by atoms with Crippen LogP contribution in [-0.2, 0) is 6.42 Å². The van der Waals surface area contributed by atoms with Crippen molar-refractivity contribution in [1.82, 2.24) is 0 Å². The number of hydrogen-bond acceptors (Lipinski definition) is 1. The van der Waals surface area contributed by atoms with E-state index in [9.17, 15) is 0 Å². The van der Waals surface area contributed by atoms with Gasteiger partial charge in [-0.2, -0.15) is 0 Å². The van der Waals surface area contributed by atoms with Gasteiger partial charge in [0, 0.05) is 6.04 Å². The Bertz CT molecular complexity index is 377. The minimum Gasteiger partial charge on any atom is -0.323 e. The van der Waals surface area contributed by atoms with Crippen LogP contribution < -0.4 is 5.73 Å². The topological polar surface area (TPSA) is 26.0 Å². The molecule has 1 heteroatoms. The molecule has 0 aromatic heterocycles. The van der Waals surface area contributed by atoms with Crippen molar-refractivity contribution in [3.8, 4) is 0 Å². The van der Waals surface area contributed by atoms with E-state index in [4.69, 9.17) is 5.73 Å². The van der Waals surface area contributed by atoms with Crippen molar-refractivity contribution in [1.29, 1.82) is 0 Å². The molecule has 0 saturated heterocycles. The Morgan fingerprint density at radius 1 is 1.33 bits per heavy atom. The van der Waals surface area contributed by atoms with Gasteiger partial charge in [-0.25, -0.2) is 0 Å². The molecular weight excluding hydrogens is 182 g/mol. The lowest BCUT2D eigenvalue weighted by atomic mass is 9.86. The highest BCUT2D eigenvalue weighted by Gasteiger charge is 2.36. The van der Waals surface area contributed by atoms with Gasteiger partial charge in [-0.3, -0.25) is 0 Å². The number of hydrogen-bond donors (Lipinski definition) is 1. The molecule has 0 radical (unpaired) electrons. The van der Waals surface area contributed by atoms with E-state index in [-0.39, 0.29) is 11.5 Å². The summed E-state index contributed by atoms with van der Waals surface area (Å²) in [6, 6.07) is 7.02. The molecule has 15 heavy (non-hydrogen) atoms. The van der Waals surface area contributed by atoms with Crippen molar-refractivity contribution in [3.63, 3.8) is 0 Å². The van der Waals surface area contributed by atoms with Crippen LogP contribution in [0.25, 0.3) is 0 Å². The number of rotatable bonds is 1. The monoisotopic (exact) mass is 203 g/mol. The van der Waals surface area contributed by atoms with Crippen LogP contribution in [0.3, 0.4) is 0 Å². The van der Waals surface area contributed by atoms with Gasteiger partial charge >= 0.3 is 0 Å². The summed E-state index contributed by atoms with van der Waals surface area (Å²) in [7, 11) is 0. The van der Waals surface area contributed by atoms with Gasteiger partial charge in [0.05, 0.1) is 0 Å². The average molecular weight is 203 g/mol. The van der Waals surface area contributed by atoms with Crippen LogP contribution in [0.2, 0.25) is 0 Å². The molecule has 1 aromatic rings. The van der Waals surface area contributed by atoms with E-state index in [2.05, 4.69) is 45.9 Å². The molecule has 0 aliphatic heterocycles. The third kappa shape index (κ3) is 1.69. The first-order chi connectivity index (χ1) is 6.92. The van der Waals surface area contributed by atoms with E-state index < -0.39 is 0 Å². The summed E-state index contributed by atoms with van der Waals surface area (Å²) in [5.74, 6) is 0.589. The van der Waals surface area contributed by atoms with Crippen LogP contribution >= 0.6 is 0 Å². The standard InChI is InChI=1S/C14H21N/c1-9(2)10-5-6-11-8-14(3,4)13(15)12(11)7-10/h5-7,9,13H,8,15H2,1-4H3. The van der Waals surface area contributed by atoms with Gasteiger partial charge in [0.15, 0.2) is 0 Å². The molecule has 0 heterocycles. The maximum absolute atomic E-state index is 6.29. The van der Waals surface area contributed by atoms with Crippen molar-refractivity contribution in [2.45, 2.75) is 46.1 Å². The summed E-state index contributed by atoms with van der Waals surface area (Å²) in [5.41, 5.74) is 10.7. The third-order valence-electron chi connectivity index (χ3n) is 3.66. The number of fused-ring (bicyclic) bond motifs is 1. The van der Waals surface area contributed by atoms with Crippen LogP contribution in [0.15, 0.2) is 18.2 Å². The quantitative estimate of drug-likeness (QED) is 0.744. The second-order valence-corrected chi connectivity index (χ2v) is 5.76. The molecule has 0 amide bonds. The zero-order chi connectivity index (χ0) is 11.2. The summed E-state index contributed by atoms with van der Waals surface area (Å²) in [6.45, 7) is 8.97. The summed E-state index contributed by atoms with van der Waals surface area (Å²) in [6.07, 6.45) is 1.11. The fourth-order valence-electron chi connectivity index (χ4n) is 2.44. The van der Waals surface area contributed by atoms with Gasteiger partial charge in [0.1, 0.15) is 0 Å². The van der Waals surface area contributed by atoms with E-state index in [1.807, 2.05) is 0 Å². The predicted octanol–water partition coefficient (Wildman–Crippen LogP) is 3.39. The van der Waals surface area contributed by atoms with E-state index in [1.165, 1.54) is 16.7 Å². The smallest absolute Gasteiger partial charge is 0.0352 e. The Kier molecular flexibility index (Phi) is 2.38. The van der Waals surface area contributed by atoms with Crippen molar-refractivity contribution < 1.29 is 0 Å². The Hall–Kier alpha value is -0.820. The molecule has 1 aliphatic rings.